The summed E-state index contributed by atoms with van der Waals surface area (Å²) in [4.78, 5) is 11.3. The van der Waals surface area contributed by atoms with Crippen LogP contribution in [0.1, 0.15) is 11.1 Å². The zero-order valence-electron chi connectivity index (χ0n) is 9.18. The molecule has 1 aromatic heterocycles. The molecule has 0 bridgehead atoms. The Kier molecular flexibility index (Phi) is 3.38. The van der Waals surface area contributed by atoms with Gasteiger partial charge < -0.3 is 5.73 Å². The van der Waals surface area contributed by atoms with Gasteiger partial charge in [-0.05, 0) is 11.6 Å². The van der Waals surface area contributed by atoms with Gasteiger partial charge in [0.25, 0.3) is 0 Å². The highest BCUT2D eigenvalue weighted by Crippen LogP contribution is 2.08. The summed E-state index contributed by atoms with van der Waals surface area (Å²) in [5.41, 5.74) is 6.96. The quantitative estimate of drug-likeness (QED) is 0.706. The molecule has 0 radical (unpaired) electrons. The highest BCUT2D eigenvalue weighted by molar-refractivity contribution is 5.41. The maximum atomic E-state index is 11.3. The Bertz CT molecular complexity index is 615. The molecule has 0 unspecified atom stereocenters. The van der Waals surface area contributed by atoms with Crippen molar-refractivity contribution < 1.29 is 0 Å². The highest BCUT2D eigenvalue weighted by Gasteiger charge is 2.02. The van der Waals surface area contributed by atoms with Crippen molar-refractivity contribution in [1.82, 2.24) is 14.8 Å². The van der Waals surface area contributed by atoms with Gasteiger partial charge in [0.05, 0.1) is 13.1 Å². The maximum Gasteiger partial charge on any atom is 0.343 e. The molecule has 0 aliphatic carbocycles. The predicted molar refractivity (Wildman–Crippen MR) is 64.3 cm³/mol. The fourth-order valence-corrected chi connectivity index (χ4v) is 1.49. The van der Waals surface area contributed by atoms with Crippen molar-refractivity contribution >= 4 is 0 Å². The van der Waals surface area contributed by atoms with E-state index in [4.69, 9.17) is 5.73 Å². The maximum absolute atomic E-state index is 11.3. The Morgan fingerprint density at radius 2 is 2.24 bits per heavy atom. The third-order valence-corrected chi connectivity index (χ3v) is 2.30. The summed E-state index contributed by atoms with van der Waals surface area (Å²) >= 11 is 0. The lowest BCUT2D eigenvalue weighted by molar-refractivity contribution is 0.760. The topological polar surface area (TPSA) is 76.7 Å². The largest absolute Gasteiger partial charge is 0.343 e. The molecular weight excluding hydrogens is 216 g/mol. The second-order valence-corrected chi connectivity index (χ2v) is 3.45. The Hall–Kier alpha value is -2.32. The summed E-state index contributed by atoms with van der Waals surface area (Å²) in [6, 6.07) is 7.65. The minimum Gasteiger partial charge on any atom is -0.320 e. The molecule has 86 valence electrons. The van der Waals surface area contributed by atoms with E-state index < -0.39 is 0 Å². The third-order valence-electron chi connectivity index (χ3n) is 2.30. The van der Waals surface area contributed by atoms with Crippen LogP contribution in [0.4, 0.5) is 0 Å². The molecule has 0 amide bonds. The minimum atomic E-state index is -0.230. The fraction of sp³-hybridized carbons (Fsp3) is 0.167. The van der Waals surface area contributed by atoms with Crippen molar-refractivity contribution in [2.75, 3.05) is 6.54 Å². The van der Waals surface area contributed by atoms with Crippen LogP contribution >= 0.6 is 0 Å². The summed E-state index contributed by atoms with van der Waals surface area (Å²) < 4.78 is 1.49. The van der Waals surface area contributed by atoms with E-state index in [0.717, 1.165) is 11.1 Å². The first-order valence-electron chi connectivity index (χ1n) is 5.18. The molecule has 5 heteroatoms. The molecule has 2 aromatic rings. The zero-order valence-corrected chi connectivity index (χ0v) is 9.18. The molecule has 0 aliphatic heterocycles. The van der Waals surface area contributed by atoms with Crippen molar-refractivity contribution in [2.24, 2.45) is 5.73 Å². The number of nitrogens with zero attached hydrogens (tertiary/aromatic N) is 2. The first-order valence-corrected chi connectivity index (χ1v) is 5.18. The van der Waals surface area contributed by atoms with E-state index in [0.29, 0.717) is 13.1 Å². The molecule has 0 fully saturated rings. The minimum absolute atomic E-state index is 0.230. The number of aromatic nitrogens is 3. The van der Waals surface area contributed by atoms with E-state index in [1.165, 1.54) is 10.9 Å². The smallest absolute Gasteiger partial charge is 0.320 e. The number of nitrogens with one attached hydrogen (secondary N) is 1. The van der Waals surface area contributed by atoms with Crippen molar-refractivity contribution in [3.8, 4) is 11.8 Å². The van der Waals surface area contributed by atoms with Gasteiger partial charge in [0, 0.05) is 5.56 Å². The normalized spacial score (nSPS) is 9.71. The third kappa shape index (κ3) is 2.62. The highest BCUT2D eigenvalue weighted by atomic mass is 16.1. The average molecular weight is 228 g/mol. The van der Waals surface area contributed by atoms with Gasteiger partial charge in [0.15, 0.2) is 0 Å². The summed E-state index contributed by atoms with van der Waals surface area (Å²) in [6.45, 7) is 0.769. The van der Waals surface area contributed by atoms with Gasteiger partial charge in [-0.1, -0.05) is 30.0 Å². The lowest BCUT2D eigenvalue weighted by Crippen LogP contribution is -2.17. The molecular formula is C12H12N4O. The molecule has 1 heterocycles. The molecule has 0 aliphatic rings. The van der Waals surface area contributed by atoms with E-state index in [1.54, 1.807) is 0 Å². The van der Waals surface area contributed by atoms with Crippen LogP contribution in [0, 0.1) is 11.8 Å². The van der Waals surface area contributed by atoms with Crippen LogP contribution in [0.15, 0.2) is 35.4 Å². The van der Waals surface area contributed by atoms with E-state index >= 15 is 0 Å². The molecule has 0 saturated heterocycles. The fourth-order valence-electron chi connectivity index (χ4n) is 1.49. The first kappa shape index (κ1) is 11.2. The van der Waals surface area contributed by atoms with Crippen LogP contribution in [0.2, 0.25) is 0 Å². The Balaban J connectivity index is 2.33. The molecule has 5 nitrogen and oxygen atoms in total. The summed E-state index contributed by atoms with van der Waals surface area (Å²) in [7, 11) is 0. The van der Waals surface area contributed by atoms with Crippen LogP contribution in [0.25, 0.3) is 0 Å². The van der Waals surface area contributed by atoms with Crippen LogP contribution in [0.3, 0.4) is 0 Å². The lowest BCUT2D eigenvalue weighted by atomic mass is 10.1. The molecule has 3 N–H and O–H groups in total. The van der Waals surface area contributed by atoms with E-state index in [9.17, 15) is 4.79 Å². The molecule has 0 spiro atoms. The SMILES string of the molecule is NCC#Cc1ccccc1Cn1cn[nH]c1=O. The van der Waals surface area contributed by atoms with Gasteiger partial charge >= 0.3 is 5.69 Å². The summed E-state index contributed by atoms with van der Waals surface area (Å²) in [5, 5.41) is 6.03. The number of hydrogen-bond acceptors (Lipinski definition) is 3. The average Bonchev–Trinajstić information content (AvgIpc) is 2.74. The van der Waals surface area contributed by atoms with Crippen LogP contribution in [0.5, 0.6) is 0 Å². The number of aromatic amines is 1. The van der Waals surface area contributed by atoms with Crippen molar-refractivity contribution in [2.45, 2.75) is 6.54 Å². The van der Waals surface area contributed by atoms with E-state index in [1.807, 2.05) is 24.3 Å². The van der Waals surface area contributed by atoms with Gasteiger partial charge in [0.2, 0.25) is 0 Å². The van der Waals surface area contributed by atoms with E-state index in [2.05, 4.69) is 22.0 Å². The zero-order chi connectivity index (χ0) is 12.1. The standard InChI is InChI=1S/C12H12N4O/c13-7-3-6-10-4-1-2-5-11(10)8-16-9-14-15-12(16)17/h1-2,4-5,9H,7-8,13H2,(H,15,17). The molecule has 2 rings (SSSR count). The van der Waals surface area contributed by atoms with Gasteiger partial charge in [-0.3, -0.25) is 4.57 Å². The van der Waals surface area contributed by atoms with Gasteiger partial charge in [-0.25, -0.2) is 9.89 Å². The Morgan fingerprint density at radius 1 is 1.41 bits per heavy atom. The van der Waals surface area contributed by atoms with Crippen LogP contribution in [-0.4, -0.2) is 21.3 Å². The van der Waals surface area contributed by atoms with Crippen molar-refractivity contribution in [3.63, 3.8) is 0 Å². The first-order chi connectivity index (χ1) is 8.31. The van der Waals surface area contributed by atoms with Crippen LogP contribution < -0.4 is 11.4 Å². The van der Waals surface area contributed by atoms with Crippen LogP contribution in [-0.2, 0) is 6.54 Å². The summed E-state index contributed by atoms with van der Waals surface area (Å²) in [6.07, 6.45) is 1.47. The number of hydrogen-bond donors (Lipinski definition) is 2. The molecule has 1 aromatic carbocycles. The number of nitrogens with two attached hydrogens (primary N) is 1. The Labute approximate surface area is 98.3 Å². The monoisotopic (exact) mass is 228 g/mol. The molecule has 0 saturated carbocycles. The number of benzene rings is 1. The van der Waals surface area contributed by atoms with E-state index in [-0.39, 0.29) is 5.69 Å². The summed E-state index contributed by atoms with van der Waals surface area (Å²) in [5.74, 6) is 5.79. The molecule has 0 atom stereocenters. The van der Waals surface area contributed by atoms with Crippen molar-refractivity contribution in [1.29, 1.82) is 0 Å². The number of rotatable bonds is 2. The molecule has 17 heavy (non-hydrogen) atoms. The second-order valence-electron chi connectivity index (χ2n) is 3.45. The van der Waals surface area contributed by atoms with Gasteiger partial charge in [-0.2, -0.15) is 5.10 Å². The van der Waals surface area contributed by atoms with Gasteiger partial charge in [-0.15, -0.1) is 0 Å². The second kappa shape index (κ2) is 5.14. The lowest BCUT2D eigenvalue weighted by Gasteiger charge is -2.03. The number of H-pyrrole nitrogens is 1. The van der Waals surface area contributed by atoms with Gasteiger partial charge in [0.1, 0.15) is 6.33 Å². The Morgan fingerprint density at radius 3 is 2.94 bits per heavy atom. The predicted octanol–water partition coefficient (Wildman–Crippen LogP) is -0.0701. The van der Waals surface area contributed by atoms with Crippen molar-refractivity contribution in [3.05, 3.63) is 52.2 Å².